The van der Waals surface area contributed by atoms with E-state index in [9.17, 15) is 17.6 Å². The molecule has 2 aromatic rings. The van der Waals surface area contributed by atoms with Gasteiger partial charge < -0.3 is 5.32 Å². The summed E-state index contributed by atoms with van der Waals surface area (Å²) in [6.07, 6.45) is 0.837. The quantitative estimate of drug-likeness (QED) is 0.560. The number of sulfonamides is 1. The lowest BCUT2D eigenvalue weighted by Gasteiger charge is -2.30. The molecule has 0 unspecified atom stereocenters. The number of carbonyl (C=O) groups is 1. The molecule has 0 atom stereocenters. The number of thioether (sulfide) groups is 1. The summed E-state index contributed by atoms with van der Waals surface area (Å²) in [5, 5.41) is 11.2. The minimum Gasteiger partial charge on any atom is -0.300 e. The van der Waals surface area contributed by atoms with Gasteiger partial charge in [0.15, 0.2) is 4.34 Å². The Balaban J connectivity index is 1.57. The molecule has 1 N–H and O–H groups in total. The molecule has 1 aliphatic heterocycles. The summed E-state index contributed by atoms with van der Waals surface area (Å²) >= 11 is 2.88. The van der Waals surface area contributed by atoms with Crippen LogP contribution >= 0.6 is 23.1 Å². The molecule has 1 amide bonds. The molecule has 1 aliphatic rings. The Morgan fingerprint density at radius 2 is 1.96 bits per heavy atom. The van der Waals surface area contributed by atoms with E-state index in [2.05, 4.69) is 15.5 Å². The van der Waals surface area contributed by atoms with Gasteiger partial charge in [-0.05, 0) is 42.9 Å². The third kappa shape index (κ3) is 4.84. The van der Waals surface area contributed by atoms with Crippen LogP contribution in [-0.2, 0) is 14.8 Å². The lowest BCUT2D eigenvalue weighted by molar-refractivity contribution is -0.120. The van der Waals surface area contributed by atoms with Crippen LogP contribution in [0.2, 0.25) is 0 Å². The van der Waals surface area contributed by atoms with Crippen molar-refractivity contribution in [3.05, 3.63) is 30.1 Å². The molecule has 0 spiro atoms. The molecular formula is C16H19FN4O3S3. The second-order valence-corrected chi connectivity index (χ2v) is 10.4. The number of aromatic nitrogens is 2. The minimum atomic E-state index is -3.68. The Morgan fingerprint density at radius 3 is 2.59 bits per heavy atom. The lowest BCUT2D eigenvalue weighted by Crippen LogP contribution is -2.41. The van der Waals surface area contributed by atoms with E-state index < -0.39 is 15.8 Å². The molecule has 1 aromatic heterocycles. The van der Waals surface area contributed by atoms with Crippen molar-refractivity contribution in [1.82, 2.24) is 14.5 Å². The number of piperidine rings is 1. The first-order valence-electron chi connectivity index (χ1n) is 8.43. The van der Waals surface area contributed by atoms with Crippen LogP contribution in [0.15, 0.2) is 33.5 Å². The highest BCUT2D eigenvalue weighted by Crippen LogP contribution is 2.28. The van der Waals surface area contributed by atoms with Gasteiger partial charge in [0.25, 0.3) is 0 Å². The molecule has 11 heteroatoms. The van der Waals surface area contributed by atoms with Gasteiger partial charge in [0.2, 0.25) is 21.1 Å². The third-order valence-corrected chi connectivity index (χ3v) is 7.95. The van der Waals surface area contributed by atoms with E-state index in [1.165, 1.54) is 27.8 Å². The summed E-state index contributed by atoms with van der Waals surface area (Å²) in [4.78, 5) is 12.5. The maximum Gasteiger partial charge on any atom is 0.243 e. The largest absolute Gasteiger partial charge is 0.300 e. The molecule has 7 nitrogen and oxygen atoms in total. The number of halogens is 1. The highest BCUT2D eigenvalue weighted by atomic mass is 32.2. The average Bonchev–Trinajstić information content (AvgIpc) is 3.09. The van der Waals surface area contributed by atoms with E-state index in [0.29, 0.717) is 18.0 Å². The van der Waals surface area contributed by atoms with E-state index in [4.69, 9.17) is 0 Å². The number of nitrogens with zero attached hydrogens (tertiary/aromatic N) is 3. The number of carbonyl (C=O) groups excluding carboxylic acids is 1. The molecule has 0 aliphatic carbocycles. The molecule has 0 saturated carbocycles. The maximum atomic E-state index is 13.0. The van der Waals surface area contributed by atoms with Crippen molar-refractivity contribution >= 4 is 44.2 Å². The first kappa shape index (κ1) is 20.2. The summed E-state index contributed by atoms with van der Waals surface area (Å²) < 4.78 is 40.4. The summed E-state index contributed by atoms with van der Waals surface area (Å²) in [6, 6.07) is 4.76. The first-order valence-corrected chi connectivity index (χ1v) is 11.7. The van der Waals surface area contributed by atoms with Gasteiger partial charge in [-0.25, -0.2) is 12.8 Å². The number of anilines is 1. The predicted molar refractivity (Wildman–Crippen MR) is 103 cm³/mol. The van der Waals surface area contributed by atoms with Gasteiger partial charge in [-0.3, -0.25) is 4.79 Å². The number of hydrogen-bond acceptors (Lipinski definition) is 7. The number of amides is 1. The van der Waals surface area contributed by atoms with Gasteiger partial charge in [0, 0.05) is 19.0 Å². The van der Waals surface area contributed by atoms with Crippen molar-refractivity contribution in [2.45, 2.75) is 29.0 Å². The lowest BCUT2D eigenvalue weighted by atomic mass is 9.97. The zero-order chi connectivity index (χ0) is 19.4. The van der Waals surface area contributed by atoms with Crippen LogP contribution in [0.3, 0.4) is 0 Å². The fraction of sp³-hybridized carbons (Fsp3) is 0.438. The van der Waals surface area contributed by atoms with Crippen LogP contribution in [0.25, 0.3) is 0 Å². The van der Waals surface area contributed by atoms with E-state index >= 15 is 0 Å². The van der Waals surface area contributed by atoms with Crippen molar-refractivity contribution in [3.8, 4) is 0 Å². The van der Waals surface area contributed by atoms with Crippen LogP contribution in [0.1, 0.15) is 19.8 Å². The molecule has 1 aromatic carbocycles. The zero-order valence-electron chi connectivity index (χ0n) is 14.6. The van der Waals surface area contributed by atoms with Gasteiger partial charge in [-0.15, -0.1) is 10.2 Å². The minimum absolute atomic E-state index is 0.0571. The normalized spacial score (nSPS) is 16.4. The van der Waals surface area contributed by atoms with Crippen LogP contribution in [-0.4, -0.2) is 47.7 Å². The average molecular weight is 431 g/mol. The highest BCUT2D eigenvalue weighted by molar-refractivity contribution is 8.01. The van der Waals surface area contributed by atoms with Crippen molar-refractivity contribution in [2.24, 2.45) is 5.92 Å². The Morgan fingerprint density at radius 1 is 1.30 bits per heavy atom. The fourth-order valence-electron chi connectivity index (χ4n) is 2.76. The maximum absolute atomic E-state index is 13.0. The van der Waals surface area contributed by atoms with Crippen LogP contribution in [0.5, 0.6) is 0 Å². The first-order chi connectivity index (χ1) is 12.9. The molecule has 1 fully saturated rings. The second kappa shape index (κ2) is 8.63. The van der Waals surface area contributed by atoms with Crippen molar-refractivity contribution in [1.29, 1.82) is 0 Å². The molecule has 2 heterocycles. The molecule has 3 rings (SSSR count). The Hall–Kier alpha value is -1.56. The molecule has 1 saturated heterocycles. The number of hydrogen-bond donors (Lipinski definition) is 1. The van der Waals surface area contributed by atoms with Gasteiger partial charge in [0.05, 0.1) is 4.90 Å². The zero-order valence-corrected chi connectivity index (χ0v) is 17.0. The van der Waals surface area contributed by atoms with Gasteiger partial charge >= 0.3 is 0 Å². The van der Waals surface area contributed by atoms with Gasteiger partial charge in [-0.1, -0.05) is 30.0 Å². The van der Waals surface area contributed by atoms with Crippen molar-refractivity contribution in [2.75, 3.05) is 24.2 Å². The summed E-state index contributed by atoms with van der Waals surface area (Å²) in [6.45, 7) is 2.49. The number of benzene rings is 1. The summed E-state index contributed by atoms with van der Waals surface area (Å²) in [5.74, 6) is -0.0563. The van der Waals surface area contributed by atoms with E-state index in [1.807, 2.05) is 6.92 Å². The molecule has 146 valence electrons. The summed E-state index contributed by atoms with van der Waals surface area (Å²) in [7, 11) is -3.68. The van der Waals surface area contributed by atoms with Crippen molar-refractivity contribution < 1.29 is 17.6 Å². The fourth-order valence-corrected chi connectivity index (χ4v) is 5.89. The molecular weight excluding hydrogens is 411 g/mol. The van der Waals surface area contributed by atoms with Gasteiger partial charge in [-0.2, -0.15) is 4.31 Å². The van der Waals surface area contributed by atoms with Crippen LogP contribution < -0.4 is 5.32 Å². The molecule has 0 radical (unpaired) electrons. The topological polar surface area (TPSA) is 92.3 Å². The van der Waals surface area contributed by atoms with Crippen LogP contribution in [0.4, 0.5) is 9.52 Å². The number of nitrogens with one attached hydrogen (secondary N) is 1. The Kier molecular flexibility index (Phi) is 6.45. The highest BCUT2D eigenvalue weighted by Gasteiger charge is 2.32. The monoisotopic (exact) mass is 430 g/mol. The van der Waals surface area contributed by atoms with Crippen molar-refractivity contribution in [3.63, 3.8) is 0 Å². The third-order valence-electron chi connectivity index (χ3n) is 4.18. The smallest absolute Gasteiger partial charge is 0.243 e. The van der Waals surface area contributed by atoms with Gasteiger partial charge in [0.1, 0.15) is 5.82 Å². The Labute approximate surface area is 165 Å². The van der Waals surface area contributed by atoms with E-state index in [1.54, 1.807) is 11.8 Å². The summed E-state index contributed by atoms with van der Waals surface area (Å²) in [5.41, 5.74) is 0. The van der Waals surface area contributed by atoms with Crippen LogP contribution in [0, 0.1) is 11.7 Å². The Bertz CT molecular complexity index is 894. The van der Waals surface area contributed by atoms with E-state index in [0.717, 1.165) is 22.2 Å². The predicted octanol–water partition coefficient (Wildman–Crippen LogP) is 2.83. The standard InChI is InChI=1S/C16H19FN4O3S3/c1-2-25-16-20-19-15(26-16)18-14(22)11-7-9-21(10-8-11)27(23,24)13-5-3-12(17)4-6-13/h3-6,11H,2,7-10H2,1H3,(H,18,19,22). The molecule has 0 bridgehead atoms. The molecule has 27 heavy (non-hydrogen) atoms. The van der Waals surface area contributed by atoms with E-state index in [-0.39, 0.29) is 29.8 Å². The SMILES string of the molecule is CCSc1nnc(NC(=O)C2CCN(S(=O)(=O)c3ccc(F)cc3)CC2)s1. The number of rotatable bonds is 6. The second-order valence-electron chi connectivity index (χ2n) is 5.93.